The molecule has 20 heavy (non-hydrogen) atoms. The maximum absolute atomic E-state index is 11.9. The minimum Gasteiger partial charge on any atom is -0.338 e. The molecular weight excluding hydrogens is 317 g/mol. The Bertz CT molecular complexity index is 528. The number of carbonyl (C=O) groups excluding carboxylic acids is 1. The number of nitrogens with zero attached hydrogens (tertiary/aromatic N) is 2. The van der Waals surface area contributed by atoms with Crippen LogP contribution in [0, 0.1) is 0 Å². The molecule has 0 bridgehead atoms. The van der Waals surface area contributed by atoms with Crippen molar-refractivity contribution in [2.24, 2.45) is 5.73 Å². The van der Waals surface area contributed by atoms with Gasteiger partial charge in [-0.05, 0) is 18.6 Å². The van der Waals surface area contributed by atoms with Gasteiger partial charge >= 0.3 is 0 Å². The molecule has 0 saturated heterocycles. The van der Waals surface area contributed by atoms with E-state index in [2.05, 4.69) is 4.98 Å². The fraction of sp³-hybridized carbons (Fsp3) is 0.385. The normalized spacial score (nSPS) is 11.3. The van der Waals surface area contributed by atoms with Crippen LogP contribution in [0.15, 0.2) is 24.3 Å². The molecular formula is C13H19Cl2N3OS. The van der Waals surface area contributed by atoms with Gasteiger partial charge in [-0.25, -0.2) is 4.98 Å². The molecule has 1 atom stereocenters. The van der Waals surface area contributed by atoms with E-state index in [0.717, 1.165) is 15.2 Å². The molecule has 2 aromatic rings. The van der Waals surface area contributed by atoms with E-state index < -0.39 is 6.04 Å². The molecule has 0 fully saturated rings. The van der Waals surface area contributed by atoms with Crippen molar-refractivity contribution in [3.05, 3.63) is 29.3 Å². The quantitative estimate of drug-likeness (QED) is 0.934. The predicted octanol–water partition coefficient (Wildman–Crippen LogP) is 2.84. The Morgan fingerprint density at radius 3 is 2.65 bits per heavy atom. The Labute approximate surface area is 135 Å². The summed E-state index contributed by atoms with van der Waals surface area (Å²) in [4.78, 5) is 18.0. The van der Waals surface area contributed by atoms with Crippen LogP contribution in [-0.2, 0) is 11.3 Å². The van der Waals surface area contributed by atoms with Crippen molar-refractivity contribution in [2.45, 2.75) is 25.9 Å². The van der Waals surface area contributed by atoms with Crippen LogP contribution >= 0.6 is 36.2 Å². The van der Waals surface area contributed by atoms with Gasteiger partial charge in [0.25, 0.3) is 0 Å². The molecule has 0 aliphatic heterocycles. The van der Waals surface area contributed by atoms with Gasteiger partial charge in [0.05, 0.1) is 22.8 Å². The highest BCUT2D eigenvalue weighted by atomic mass is 35.5. The molecule has 0 radical (unpaired) electrons. The zero-order chi connectivity index (χ0) is 13.1. The van der Waals surface area contributed by atoms with Gasteiger partial charge in [0.2, 0.25) is 5.91 Å². The molecule has 0 spiro atoms. The highest BCUT2D eigenvalue weighted by Gasteiger charge is 2.17. The largest absolute Gasteiger partial charge is 0.338 e. The number of para-hydroxylation sites is 1. The lowest BCUT2D eigenvalue weighted by molar-refractivity contribution is -0.131. The third-order valence-corrected chi connectivity index (χ3v) is 3.87. The van der Waals surface area contributed by atoms with E-state index in [9.17, 15) is 4.79 Å². The first-order chi connectivity index (χ1) is 8.61. The first kappa shape index (κ1) is 19.1. The van der Waals surface area contributed by atoms with Gasteiger partial charge < -0.3 is 10.6 Å². The summed E-state index contributed by atoms with van der Waals surface area (Å²) >= 11 is 1.62. The zero-order valence-electron chi connectivity index (χ0n) is 11.4. The Morgan fingerprint density at radius 2 is 2.05 bits per heavy atom. The van der Waals surface area contributed by atoms with Crippen LogP contribution in [0.2, 0.25) is 0 Å². The number of halogens is 2. The number of likely N-dealkylation sites (N-methyl/N-ethyl adjacent to an activating group) is 1. The van der Waals surface area contributed by atoms with Crippen LogP contribution in [0.3, 0.4) is 0 Å². The van der Waals surface area contributed by atoms with Crippen molar-refractivity contribution < 1.29 is 4.79 Å². The van der Waals surface area contributed by atoms with E-state index in [1.807, 2.05) is 31.2 Å². The van der Waals surface area contributed by atoms with Gasteiger partial charge in [0.1, 0.15) is 5.01 Å². The van der Waals surface area contributed by atoms with Crippen molar-refractivity contribution in [2.75, 3.05) is 7.05 Å². The summed E-state index contributed by atoms with van der Waals surface area (Å²) in [5.74, 6) is -0.0308. The maximum Gasteiger partial charge on any atom is 0.239 e. The number of fused-ring (bicyclic) bond motifs is 1. The number of aromatic nitrogens is 1. The lowest BCUT2D eigenvalue weighted by atomic mass is 10.2. The van der Waals surface area contributed by atoms with Crippen molar-refractivity contribution in [1.82, 2.24) is 9.88 Å². The minimum absolute atomic E-state index is 0. The van der Waals surface area contributed by atoms with Crippen LogP contribution in [0.1, 0.15) is 18.4 Å². The number of nitrogens with two attached hydrogens (primary N) is 1. The van der Waals surface area contributed by atoms with E-state index >= 15 is 0 Å². The van der Waals surface area contributed by atoms with Gasteiger partial charge in [-0.15, -0.1) is 36.2 Å². The number of hydrogen-bond acceptors (Lipinski definition) is 4. The second-order valence-corrected chi connectivity index (χ2v) is 5.40. The Morgan fingerprint density at radius 1 is 1.40 bits per heavy atom. The number of benzene rings is 1. The molecule has 4 nitrogen and oxygen atoms in total. The number of carbonyl (C=O) groups is 1. The third-order valence-electron chi connectivity index (χ3n) is 2.84. The Kier molecular flexibility index (Phi) is 8.05. The van der Waals surface area contributed by atoms with Gasteiger partial charge in [-0.3, -0.25) is 4.79 Å². The van der Waals surface area contributed by atoms with Crippen molar-refractivity contribution >= 4 is 52.3 Å². The molecule has 1 amide bonds. The number of rotatable bonds is 4. The topological polar surface area (TPSA) is 59.2 Å². The molecule has 0 unspecified atom stereocenters. The molecule has 0 saturated carbocycles. The molecule has 0 aliphatic rings. The number of amides is 1. The zero-order valence-corrected chi connectivity index (χ0v) is 13.9. The summed E-state index contributed by atoms with van der Waals surface area (Å²) in [5.41, 5.74) is 6.72. The van der Waals surface area contributed by atoms with Crippen molar-refractivity contribution in [3.8, 4) is 0 Å². The van der Waals surface area contributed by atoms with Crippen LogP contribution in [0.4, 0.5) is 0 Å². The van der Waals surface area contributed by atoms with E-state index in [-0.39, 0.29) is 30.7 Å². The fourth-order valence-electron chi connectivity index (χ4n) is 1.73. The highest BCUT2D eigenvalue weighted by molar-refractivity contribution is 7.18. The van der Waals surface area contributed by atoms with Crippen LogP contribution < -0.4 is 5.73 Å². The summed E-state index contributed by atoms with van der Waals surface area (Å²) in [7, 11) is 1.77. The summed E-state index contributed by atoms with van der Waals surface area (Å²) < 4.78 is 1.15. The second-order valence-electron chi connectivity index (χ2n) is 4.28. The van der Waals surface area contributed by atoms with Gasteiger partial charge in [-0.2, -0.15) is 0 Å². The molecule has 0 aliphatic carbocycles. The van der Waals surface area contributed by atoms with Gasteiger partial charge in [0.15, 0.2) is 0 Å². The van der Waals surface area contributed by atoms with Crippen LogP contribution in [0.5, 0.6) is 0 Å². The van der Waals surface area contributed by atoms with Crippen LogP contribution in [-0.4, -0.2) is 28.9 Å². The molecule has 1 aromatic heterocycles. The fourth-order valence-corrected chi connectivity index (χ4v) is 2.75. The average molecular weight is 336 g/mol. The SMILES string of the molecule is CC[C@H](N)C(=O)N(C)Cc1nc2ccccc2s1.Cl.Cl. The first-order valence-electron chi connectivity index (χ1n) is 5.96. The summed E-state index contributed by atoms with van der Waals surface area (Å²) in [5, 5.41) is 0.940. The van der Waals surface area contributed by atoms with E-state index in [0.29, 0.717) is 13.0 Å². The highest BCUT2D eigenvalue weighted by Crippen LogP contribution is 2.22. The monoisotopic (exact) mass is 335 g/mol. The van der Waals surface area contributed by atoms with Crippen molar-refractivity contribution in [3.63, 3.8) is 0 Å². The van der Waals surface area contributed by atoms with Crippen LogP contribution in [0.25, 0.3) is 10.2 Å². The molecule has 2 rings (SSSR count). The van der Waals surface area contributed by atoms with Gasteiger partial charge in [-0.1, -0.05) is 19.1 Å². The Balaban J connectivity index is 0.00000180. The molecule has 112 valence electrons. The molecule has 1 heterocycles. The second kappa shape index (κ2) is 8.42. The van der Waals surface area contributed by atoms with E-state index in [1.54, 1.807) is 23.3 Å². The lowest BCUT2D eigenvalue weighted by Crippen LogP contribution is -2.40. The minimum atomic E-state index is -0.413. The van der Waals surface area contributed by atoms with Crippen molar-refractivity contribution in [1.29, 1.82) is 0 Å². The standard InChI is InChI=1S/C13H17N3OS.2ClH/c1-3-9(14)13(17)16(2)8-12-15-10-6-4-5-7-11(10)18-12;;/h4-7,9H,3,8,14H2,1-2H3;2*1H/t9-;;/m0../s1. The molecule has 7 heteroatoms. The van der Waals surface area contributed by atoms with E-state index in [1.165, 1.54) is 0 Å². The summed E-state index contributed by atoms with van der Waals surface area (Å²) in [6.45, 7) is 2.43. The number of hydrogen-bond donors (Lipinski definition) is 1. The maximum atomic E-state index is 11.9. The number of thiazole rings is 1. The smallest absolute Gasteiger partial charge is 0.239 e. The van der Waals surface area contributed by atoms with Gasteiger partial charge in [0, 0.05) is 7.05 Å². The summed E-state index contributed by atoms with van der Waals surface area (Å²) in [6, 6.07) is 7.56. The Hall–Kier alpha value is -0.880. The predicted molar refractivity (Wildman–Crippen MR) is 88.9 cm³/mol. The van der Waals surface area contributed by atoms with E-state index in [4.69, 9.17) is 5.73 Å². The lowest BCUT2D eigenvalue weighted by Gasteiger charge is -2.19. The first-order valence-corrected chi connectivity index (χ1v) is 6.78. The molecule has 1 aromatic carbocycles. The molecule has 2 N–H and O–H groups in total. The summed E-state index contributed by atoms with van der Waals surface area (Å²) in [6.07, 6.45) is 0.656. The third kappa shape index (κ3) is 4.31. The average Bonchev–Trinajstić information content (AvgIpc) is 2.78.